The van der Waals surface area contributed by atoms with Crippen molar-refractivity contribution in [3.8, 4) is 0 Å². The second-order valence-electron chi connectivity index (χ2n) is 5.50. The highest BCUT2D eigenvalue weighted by Crippen LogP contribution is 2.31. The van der Waals surface area contributed by atoms with Gasteiger partial charge in [0.2, 0.25) is 0 Å². The largest absolute Gasteiger partial charge is 0.309 e. The van der Waals surface area contributed by atoms with Crippen LogP contribution in [-0.2, 0) is 0 Å². The van der Waals surface area contributed by atoms with E-state index in [2.05, 4.69) is 31.3 Å². The number of benzene rings is 2. The molecule has 1 nitrogen and oxygen atoms in total. The van der Waals surface area contributed by atoms with E-state index >= 15 is 0 Å². The molecule has 0 radical (unpaired) electrons. The third-order valence-electron chi connectivity index (χ3n) is 3.89. The van der Waals surface area contributed by atoms with Crippen molar-refractivity contribution in [3.05, 3.63) is 69.5 Å². The summed E-state index contributed by atoms with van der Waals surface area (Å²) in [5, 5.41) is 3.28. The predicted molar refractivity (Wildman–Crippen MR) is 82.7 cm³/mol. The summed E-state index contributed by atoms with van der Waals surface area (Å²) in [5.41, 5.74) is 6.23. The normalized spacial score (nSPS) is 12.5. The van der Waals surface area contributed by atoms with Gasteiger partial charge in [-0.25, -0.2) is 4.39 Å². The molecule has 0 aliphatic rings. The second-order valence-corrected chi connectivity index (χ2v) is 5.50. The molecule has 1 atom stereocenters. The van der Waals surface area contributed by atoms with Gasteiger partial charge in [0.05, 0.1) is 6.04 Å². The predicted octanol–water partition coefficient (Wildman–Crippen LogP) is 4.37. The van der Waals surface area contributed by atoms with Gasteiger partial charge in [0, 0.05) is 5.56 Å². The van der Waals surface area contributed by atoms with Gasteiger partial charge in [-0.1, -0.05) is 24.3 Å². The van der Waals surface area contributed by atoms with Crippen molar-refractivity contribution in [3.63, 3.8) is 0 Å². The van der Waals surface area contributed by atoms with Gasteiger partial charge in [-0.2, -0.15) is 0 Å². The molecule has 0 spiro atoms. The molecular weight excluding hydrogens is 249 g/mol. The number of aryl methyl sites for hydroxylation is 4. The molecule has 0 saturated carbocycles. The second kappa shape index (κ2) is 5.76. The summed E-state index contributed by atoms with van der Waals surface area (Å²) in [7, 11) is 1.88. The number of nitrogens with one attached hydrogen (secondary N) is 1. The monoisotopic (exact) mass is 271 g/mol. The van der Waals surface area contributed by atoms with Crippen LogP contribution >= 0.6 is 0 Å². The van der Waals surface area contributed by atoms with E-state index in [4.69, 9.17) is 0 Å². The van der Waals surface area contributed by atoms with Gasteiger partial charge in [0.25, 0.3) is 0 Å². The third kappa shape index (κ3) is 2.61. The van der Waals surface area contributed by atoms with Crippen molar-refractivity contribution in [1.82, 2.24) is 5.32 Å². The van der Waals surface area contributed by atoms with E-state index in [9.17, 15) is 4.39 Å². The first kappa shape index (κ1) is 14.7. The Morgan fingerprint density at radius 3 is 2.00 bits per heavy atom. The standard InChI is InChI=1S/C18H22FN/c1-11-9-14(4)17(15(19)10-11)18(20-5)16-12(2)7-6-8-13(16)3/h6-10,18,20H,1-5H3. The van der Waals surface area contributed by atoms with Crippen LogP contribution in [0.1, 0.15) is 39.4 Å². The van der Waals surface area contributed by atoms with E-state index in [0.29, 0.717) is 0 Å². The fourth-order valence-electron chi connectivity index (χ4n) is 3.01. The lowest BCUT2D eigenvalue weighted by molar-refractivity contribution is 0.570. The highest BCUT2D eigenvalue weighted by molar-refractivity contribution is 5.45. The number of hydrogen-bond donors (Lipinski definition) is 1. The highest BCUT2D eigenvalue weighted by Gasteiger charge is 2.21. The number of hydrogen-bond acceptors (Lipinski definition) is 1. The van der Waals surface area contributed by atoms with Crippen molar-refractivity contribution in [2.45, 2.75) is 33.7 Å². The van der Waals surface area contributed by atoms with Crippen LogP contribution in [0.5, 0.6) is 0 Å². The molecule has 1 N–H and O–H groups in total. The Balaban J connectivity index is 2.65. The smallest absolute Gasteiger partial charge is 0.128 e. The lowest BCUT2D eigenvalue weighted by Crippen LogP contribution is -2.22. The van der Waals surface area contributed by atoms with Crippen molar-refractivity contribution in [1.29, 1.82) is 0 Å². The maximum Gasteiger partial charge on any atom is 0.128 e. The van der Waals surface area contributed by atoms with Crippen LogP contribution < -0.4 is 5.32 Å². The number of halogens is 1. The molecule has 0 aliphatic heterocycles. The molecular formula is C18H22FN. The topological polar surface area (TPSA) is 12.0 Å². The molecule has 0 aliphatic carbocycles. The van der Waals surface area contributed by atoms with Crippen LogP contribution in [0.25, 0.3) is 0 Å². The average Bonchev–Trinajstić information content (AvgIpc) is 2.35. The zero-order chi connectivity index (χ0) is 14.9. The van der Waals surface area contributed by atoms with Crippen LogP contribution in [0.15, 0.2) is 30.3 Å². The van der Waals surface area contributed by atoms with Crippen LogP contribution in [0.3, 0.4) is 0 Å². The fourth-order valence-corrected chi connectivity index (χ4v) is 3.01. The van der Waals surface area contributed by atoms with Gasteiger partial charge in [-0.15, -0.1) is 0 Å². The van der Waals surface area contributed by atoms with E-state index in [0.717, 1.165) is 16.7 Å². The Hall–Kier alpha value is -1.67. The minimum absolute atomic E-state index is 0.114. The van der Waals surface area contributed by atoms with Gasteiger partial charge in [0.15, 0.2) is 0 Å². The number of rotatable bonds is 3. The molecule has 1 unspecified atom stereocenters. The Kier molecular flexibility index (Phi) is 4.24. The first-order chi connectivity index (χ1) is 9.45. The lowest BCUT2D eigenvalue weighted by Gasteiger charge is -2.24. The molecule has 0 bridgehead atoms. The Bertz CT molecular complexity index is 588. The van der Waals surface area contributed by atoms with Gasteiger partial charge in [-0.05, 0) is 68.6 Å². The van der Waals surface area contributed by atoms with Gasteiger partial charge in [0.1, 0.15) is 5.82 Å². The zero-order valence-corrected chi connectivity index (χ0v) is 12.8. The Morgan fingerprint density at radius 2 is 1.50 bits per heavy atom. The molecule has 0 amide bonds. The molecule has 2 rings (SSSR count). The Morgan fingerprint density at radius 1 is 0.900 bits per heavy atom. The summed E-state index contributed by atoms with van der Waals surface area (Å²) in [6.45, 7) is 8.05. The van der Waals surface area contributed by atoms with Crippen LogP contribution in [0, 0.1) is 33.5 Å². The van der Waals surface area contributed by atoms with E-state index < -0.39 is 0 Å². The molecule has 0 saturated heterocycles. The van der Waals surface area contributed by atoms with Gasteiger partial charge < -0.3 is 5.32 Å². The molecule has 106 valence electrons. The summed E-state index contributed by atoms with van der Waals surface area (Å²) >= 11 is 0. The lowest BCUT2D eigenvalue weighted by atomic mass is 9.88. The molecule has 2 aromatic carbocycles. The fraction of sp³-hybridized carbons (Fsp3) is 0.333. The summed E-state index contributed by atoms with van der Waals surface area (Å²) < 4.78 is 14.5. The SMILES string of the molecule is CNC(c1c(C)cccc1C)c1c(C)cc(C)cc1F. The van der Waals surface area contributed by atoms with Gasteiger partial charge in [-0.3, -0.25) is 0 Å². The summed E-state index contributed by atoms with van der Waals surface area (Å²) in [4.78, 5) is 0. The average molecular weight is 271 g/mol. The van der Waals surface area contributed by atoms with Crippen molar-refractivity contribution < 1.29 is 4.39 Å². The van der Waals surface area contributed by atoms with E-state index in [1.807, 2.05) is 33.0 Å². The maximum absolute atomic E-state index is 14.5. The van der Waals surface area contributed by atoms with Crippen molar-refractivity contribution >= 4 is 0 Å². The van der Waals surface area contributed by atoms with Crippen LogP contribution in [-0.4, -0.2) is 7.05 Å². The van der Waals surface area contributed by atoms with E-state index in [1.165, 1.54) is 16.7 Å². The molecule has 20 heavy (non-hydrogen) atoms. The maximum atomic E-state index is 14.5. The van der Waals surface area contributed by atoms with Crippen LogP contribution in [0.4, 0.5) is 4.39 Å². The molecule has 0 fully saturated rings. The Labute approximate surface area is 120 Å². The molecule has 0 aromatic heterocycles. The minimum Gasteiger partial charge on any atom is -0.309 e. The molecule has 0 heterocycles. The molecule has 2 heteroatoms. The highest BCUT2D eigenvalue weighted by atomic mass is 19.1. The van der Waals surface area contributed by atoms with Gasteiger partial charge >= 0.3 is 0 Å². The molecule has 2 aromatic rings. The summed E-state index contributed by atoms with van der Waals surface area (Å²) in [5.74, 6) is -0.135. The van der Waals surface area contributed by atoms with Crippen LogP contribution in [0.2, 0.25) is 0 Å². The summed E-state index contributed by atoms with van der Waals surface area (Å²) in [6, 6.07) is 9.73. The quantitative estimate of drug-likeness (QED) is 0.874. The summed E-state index contributed by atoms with van der Waals surface area (Å²) in [6.07, 6.45) is 0. The first-order valence-corrected chi connectivity index (χ1v) is 6.95. The van der Waals surface area contributed by atoms with Crippen molar-refractivity contribution in [2.24, 2.45) is 0 Å². The first-order valence-electron chi connectivity index (χ1n) is 6.95. The minimum atomic E-state index is -0.135. The van der Waals surface area contributed by atoms with E-state index in [-0.39, 0.29) is 11.9 Å². The van der Waals surface area contributed by atoms with E-state index in [1.54, 1.807) is 6.07 Å². The zero-order valence-electron chi connectivity index (χ0n) is 12.8. The van der Waals surface area contributed by atoms with Crippen molar-refractivity contribution in [2.75, 3.05) is 7.05 Å². The third-order valence-corrected chi connectivity index (χ3v) is 3.89.